The van der Waals surface area contributed by atoms with Crippen LogP contribution in [0.1, 0.15) is 79.7 Å². The van der Waals surface area contributed by atoms with Crippen LogP contribution in [0.3, 0.4) is 0 Å². The SMILES string of the molecule is COc1ccc(C2OC[C@@H]3[C@@H](O2)[C@H](OCc2ccccc2)[C@@H](O[Si](C(C)C)(C(C)C)C(C)C)CN3C(=O)OC(C)(C)C)cc1. The topological polar surface area (TPSA) is 75.7 Å². The lowest BCUT2D eigenvalue weighted by atomic mass is 9.93. The number of ether oxygens (including phenoxy) is 5. The molecule has 9 heteroatoms. The third-order valence-corrected chi connectivity index (χ3v) is 15.0. The minimum Gasteiger partial charge on any atom is -0.497 e. The van der Waals surface area contributed by atoms with Gasteiger partial charge in [-0.3, -0.25) is 4.90 Å². The number of piperidine rings is 1. The Balaban J connectivity index is 1.76. The van der Waals surface area contributed by atoms with Crippen LogP contribution in [0.4, 0.5) is 4.79 Å². The standard InChI is InChI=1S/C35H53NO7Si/c1-23(2)44(24(3)4,25(5)6)43-30-20-36(34(37)42-35(7,8)9)29-22-40-33(27-16-18-28(38-10)19-17-27)41-31(29)32(30)39-21-26-14-12-11-13-15-26/h11-19,23-25,29-33H,20-22H2,1-10H3/t29-,30+,31-,32-,33?/m1/s1. The van der Waals surface area contributed by atoms with Crippen LogP contribution in [-0.2, 0) is 30.0 Å². The number of benzene rings is 2. The number of hydrogen-bond acceptors (Lipinski definition) is 7. The molecule has 1 unspecified atom stereocenters. The summed E-state index contributed by atoms with van der Waals surface area (Å²) in [6.07, 6.45) is -2.40. The lowest BCUT2D eigenvalue weighted by Crippen LogP contribution is -2.69. The van der Waals surface area contributed by atoms with Crippen LogP contribution < -0.4 is 4.74 Å². The molecule has 2 aliphatic heterocycles. The summed E-state index contributed by atoms with van der Waals surface area (Å²) >= 11 is 0. The van der Waals surface area contributed by atoms with Gasteiger partial charge >= 0.3 is 6.09 Å². The molecule has 1 amide bonds. The smallest absolute Gasteiger partial charge is 0.410 e. The highest BCUT2D eigenvalue weighted by atomic mass is 28.4. The maximum absolute atomic E-state index is 13.8. The van der Waals surface area contributed by atoms with Gasteiger partial charge in [-0.15, -0.1) is 0 Å². The molecule has 5 atom stereocenters. The first-order valence-corrected chi connectivity index (χ1v) is 18.1. The molecule has 8 nitrogen and oxygen atoms in total. The van der Waals surface area contributed by atoms with Gasteiger partial charge in [0.2, 0.25) is 8.32 Å². The van der Waals surface area contributed by atoms with Gasteiger partial charge in [-0.25, -0.2) is 4.79 Å². The minimum atomic E-state index is -2.38. The van der Waals surface area contributed by atoms with Crippen LogP contribution in [-0.4, -0.2) is 69.5 Å². The van der Waals surface area contributed by atoms with E-state index in [1.807, 2.05) is 63.2 Å². The van der Waals surface area contributed by atoms with E-state index in [1.54, 1.807) is 12.0 Å². The number of methoxy groups -OCH3 is 1. The molecule has 2 fully saturated rings. The first-order chi connectivity index (χ1) is 20.8. The number of amides is 1. The van der Waals surface area contributed by atoms with Crippen LogP contribution in [0, 0.1) is 0 Å². The molecule has 2 saturated heterocycles. The summed E-state index contributed by atoms with van der Waals surface area (Å²) in [5.41, 5.74) is 2.34. The molecule has 0 spiro atoms. The molecule has 0 saturated carbocycles. The third kappa shape index (κ3) is 7.68. The molecular formula is C35H53NO7Si. The highest BCUT2D eigenvalue weighted by Crippen LogP contribution is 2.45. The fourth-order valence-electron chi connectivity index (χ4n) is 6.97. The Morgan fingerprint density at radius 3 is 2.11 bits per heavy atom. The van der Waals surface area contributed by atoms with Crippen molar-refractivity contribution in [3.8, 4) is 5.75 Å². The van der Waals surface area contributed by atoms with Gasteiger partial charge in [0.15, 0.2) is 6.29 Å². The van der Waals surface area contributed by atoms with Crippen molar-refractivity contribution in [3.63, 3.8) is 0 Å². The monoisotopic (exact) mass is 627 g/mol. The second kappa shape index (κ2) is 14.3. The van der Waals surface area contributed by atoms with Crippen LogP contribution in [0.15, 0.2) is 54.6 Å². The fourth-order valence-corrected chi connectivity index (χ4v) is 12.5. The maximum Gasteiger partial charge on any atom is 0.410 e. The zero-order valence-corrected chi connectivity index (χ0v) is 29.2. The molecule has 2 aromatic rings. The molecule has 0 N–H and O–H groups in total. The predicted octanol–water partition coefficient (Wildman–Crippen LogP) is 7.87. The first-order valence-electron chi connectivity index (χ1n) is 16.0. The van der Waals surface area contributed by atoms with Gasteiger partial charge in [0.1, 0.15) is 23.6 Å². The predicted molar refractivity (Wildman–Crippen MR) is 174 cm³/mol. The van der Waals surface area contributed by atoms with E-state index in [0.29, 0.717) is 29.8 Å². The van der Waals surface area contributed by atoms with E-state index in [0.717, 1.165) is 16.9 Å². The molecule has 0 aromatic heterocycles. The van der Waals surface area contributed by atoms with Gasteiger partial charge in [-0.05, 0) is 55.1 Å². The molecule has 2 aliphatic rings. The lowest BCUT2D eigenvalue weighted by Gasteiger charge is -2.54. The van der Waals surface area contributed by atoms with Gasteiger partial charge < -0.3 is 28.1 Å². The average molecular weight is 628 g/mol. The number of fused-ring (bicyclic) bond motifs is 1. The largest absolute Gasteiger partial charge is 0.497 e. The molecule has 0 radical (unpaired) electrons. The fraction of sp³-hybridized carbons (Fsp3) is 0.629. The van der Waals surface area contributed by atoms with E-state index < -0.39 is 50.7 Å². The summed E-state index contributed by atoms with van der Waals surface area (Å²) < 4.78 is 38.6. The minimum absolute atomic E-state index is 0.277. The third-order valence-electron chi connectivity index (χ3n) is 8.91. The van der Waals surface area contributed by atoms with Gasteiger partial charge in [0.05, 0.1) is 39.0 Å². The summed E-state index contributed by atoms with van der Waals surface area (Å²) in [5, 5.41) is 0. The molecule has 244 valence electrons. The van der Waals surface area contributed by atoms with E-state index in [-0.39, 0.29) is 6.61 Å². The van der Waals surface area contributed by atoms with Crippen LogP contribution >= 0.6 is 0 Å². The van der Waals surface area contributed by atoms with E-state index in [2.05, 4.69) is 53.7 Å². The highest BCUT2D eigenvalue weighted by molar-refractivity contribution is 6.77. The summed E-state index contributed by atoms with van der Waals surface area (Å²) in [4.78, 5) is 15.5. The summed E-state index contributed by atoms with van der Waals surface area (Å²) in [6.45, 7) is 20.3. The molecule has 2 heterocycles. The second-order valence-corrected chi connectivity index (χ2v) is 19.4. The van der Waals surface area contributed by atoms with E-state index in [1.165, 1.54) is 0 Å². The number of hydrogen-bond donors (Lipinski definition) is 0. The van der Waals surface area contributed by atoms with Crippen molar-refractivity contribution in [2.45, 2.75) is 122 Å². The number of carbonyl (C=O) groups excluding carboxylic acids is 1. The Morgan fingerprint density at radius 1 is 0.955 bits per heavy atom. The van der Waals surface area contributed by atoms with Crippen LogP contribution in [0.2, 0.25) is 16.6 Å². The molecule has 0 aliphatic carbocycles. The Labute approximate surface area is 265 Å². The van der Waals surface area contributed by atoms with Crippen molar-refractivity contribution in [3.05, 3.63) is 65.7 Å². The normalized spacial score (nSPS) is 24.5. The Bertz CT molecular complexity index is 1180. The Kier molecular flexibility index (Phi) is 11.2. The van der Waals surface area contributed by atoms with E-state index in [9.17, 15) is 4.79 Å². The van der Waals surface area contributed by atoms with Crippen molar-refractivity contribution in [2.75, 3.05) is 20.3 Å². The summed E-state index contributed by atoms with van der Waals surface area (Å²) in [5.74, 6) is 0.756. The van der Waals surface area contributed by atoms with Crippen molar-refractivity contribution in [2.24, 2.45) is 0 Å². The average Bonchev–Trinajstić information content (AvgIpc) is 2.97. The number of nitrogens with zero attached hydrogens (tertiary/aromatic N) is 1. The quantitative estimate of drug-likeness (QED) is 0.248. The van der Waals surface area contributed by atoms with Crippen LogP contribution in [0.25, 0.3) is 0 Å². The Morgan fingerprint density at radius 2 is 1.57 bits per heavy atom. The van der Waals surface area contributed by atoms with Crippen molar-refractivity contribution in [1.82, 2.24) is 4.90 Å². The zero-order valence-electron chi connectivity index (χ0n) is 28.2. The van der Waals surface area contributed by atoms with Crippen molar-refractivity contribution in [1.29, 1.82) is 0 Å². The summed E-state index contributed by atoms with van der Waals surface area (Å²) in [7, 11) is -0.741. The van der Waals surface area contributed by atoms with E-state index >= 15 is 0 Å². The van der Waals surface area contributed by atoms with Gasteiger partial charge in [0.25, 0.3) is 0 Å². The molecule has 4 rings (SSSR count). The molecular weight excluding hydrogens is 574 g/mol. The van der Waals surface area contributed by atoms with Crippen LogP contribution in [0.5, 0.6) is 5.75 Å². The van der Waals surface area contributed by atoms with E-state index in [4.69, 9.17) is 28.1 Å². The zero-order chi connectivity index (χ0) is 32.2. The molecule has 0 bridgehead atoms. The van der Waals surface area contributed by atoms with Gasteiger partial charge in [-0.1, -0.05) is 84.0 Å². The van der Waals surface area contributed by atoms with Crippen molar-refractivity contribution >= 4 is 14.4 Å². The van der Waals surface area contributed by atoms with Crippen molar-refractivity contribution < 1.29 is 32.9 Å². The number of likely N-dealkylation sites (tertiary alicyclic amines) is 1. The summed E-state index contributed by atoms with van der Waals surface area (Å²) in [6, 6.07) is 17.4. The first kappa shape index (κ1) is 34.4. The number of rotatable bonds is 10. The maximum atomic E-state index is 13.8. The number of carbonyl (C=O) groups is 1. The highest BCUT2D eigenvalue weighted by Gasteiger charge is 2.55. The second-order valence-electron chi connectivity index (χ2n) is 14.0. The Hall–Kier alpha value is -2.43. The van der Waals surface area contributed by atoms with Gasteiger partial charge in [0, 0.05) is 5.56 Å². The van der Waals surface area contributed by atoms with Gasteiger partial charge in [-0.2, -0.15) is 0 Å². The lowest BCUT2D eigenvalue weighted by molar-refractivity contribution is -0.290. The molecule has 44 heavy (non-hydrogen) atoms. The molecule has 2 aromatic carbocycles.